The van der Waals surface area contributed by atoms with Gasteiger partial charge in [0.15, 0.2) is 11.5 Å². The molecule has 3 rings (SSSR count). The number of anilines is 4. The number of aryl methyl sites for hydroxylation is 1. The topological polar surface area (TPSA) is 96.0 Å². The number of aromatic nitrogens is 2. The highest BCUT2D eigenvalue weighted by Crippen LogP contribution is 2.21. The van der Waals surface area contributed by atoms with Crippen molar-refractivity contribution < 1.29 is 9.59 Å². The second-order valence-electron chi connectivity index (χ2n) is 6.10. The Balaban J connectivity index is 1.64. The number of carbonyl (C=O) groups is 2. The molecule has 1 heterocycles. The summed E-state index contributed by atoms with van der Waals surface area (Å²) < 4.78 is 0. The molecule has 0 atom stereocenters. The van der Waals surface area contributed by atoms with Gasteiger partial charge in [-0.05, 0) is 67.1 Å². The van der Waals surface area contributed by atoms with Gasteiger partial charge in [0, 0.05) is 29.0 Å². The van der Waals surface area contributed by atoms with Crippen LogP contribution >= 0.6 is 11.6 Å². The minimum atomic E-state index is -0.357. The summed E-state index contributed by atoms with van der Waals surface area (Å²) in [5, 5.41) is 17.2. The average molecular weight is 396 g/mol. The molecule has 0 bridgehead atoms. The van der Waals surface area contributed by atoms with Gasteiger partial charge in [-0.25, -0.2) is 0 Å². The van der Waals surface area contributed by atoms with Crippen molar-refractivity contribution in [2.45, 2.75) is 13.8 Å². The fourth-order valence-corrected chi connectivity index (χ4v) is 2.69. The van der Waals surface area contributed by atoms with Gasteiger partial charge in [-0.1, -0.05) is 11.6 Å². The van der Waals surface area contributed by atoms with Crippen molar-refractivity contribution in [2.24, 2.45) is 0 Å². The highest BCUT2D eigenvalue weighted by atomic mass is 35.5. The summed E-state index contributed by atoms with van der Waals surface area (Å²) in [7, 11) is 0. The van der Waals surface area contributed by atoms with Gasteiger partial charge >= 0.3 is 0 Å². The molecule has 0 aliphatic carbocycles. The Morgan fingerprint density at radius 2 is 1.61 bits per heavy atom. The van der Waals surface area contributed by atoms with Crippen LogP contribution in [0.25, 0.3) is 0 Å². The molecule has 0 spiro atoms. The summed E-state index contributed by atoms with van der Waals surface area (Å²) in [6.07, 6.45) is 0. The Hall–Kier alpha value is -3.45. The maximum Gasteiger partial charge on any atom is 0.276 e. The van der Waals surface area contributed by atoms with Crippen molar-refractivity contribution >= 4 is 46.3 Å². The van der Waals surface area contributed by atoms with Crippen LogP contribution in [0.2, 0.25) is 5.02 Å². The number of nitrogens with zero attached hydrogens (tertiary/aromatic N) is 2. The number of benzene rings is 2. The normalized spacial score (nSPS) is 10.2. The molecular formula is C20H18ClN5O2. The molecule has 3 aromatic rings. The molecule has 0 fully saturated rings. The van der Waals surface area contributed by atoms with E-state index >= 15 is 0 Å². The van der Waals surface area contributed by atoms with Gasteiger partial charge in [-0.3, -0.25) is 9.59 Å². The van der Waals surface area contributed by atoms with Crippen LogP contribution < -0.4 is 16.0 Å². The third kappa shape index (κ3) is 5.05. The van der Waals surface area contributed by atoms with Gasteiger partial charge < -0.3 is 16.0 Å². The molecule has 0 aliphatic rings. The Bertz CT molecular complexity index is 1000. The molecule has 0 radical (unpaired) electrons. The van der Waals surface area contributed by atoms with E-state index in [9.17, 15) is 9.59 Å². The smallest absolute Gasteiger partial charge is 0.276 e. The van der Waals surface area contributed by atoms with Crippen molar-refractivity contribution in [3.8, 4) is 0 Å². The van der Waals surface area contributed by atoms with Gasteiger partial charge in [0.05, 0.1) is 0 Å². The zero-order valence-electron chi connectivity index (χ0n) is 15.3. The van der Waals surface area contributed by atoms with E-state index < -0.39 is 0 Å². The van der Waals surface area contributed by atoms with Crippen LogP contribution in [0.15, 0.2) is 54.6 Å². The lowest BCUT2D eigenvalue weighted by Gasteiger charge is -2.09. The monoisotopic (exact) mass is 395 g/mol. The molecule has 3 N–H and O–H groups in total. The first-order chi connectivity index (χ1) is 13.4. The van der Waals surface area contributed by atoms with Crippen LogP contribution in [0.3, 0.4) is 0 Å². The quantitative estimate of drug-likeness (QED) is 0.595. The fraction of sp³-hybridized carbons (Fsp3) is 0.100. The summed E-state index contributed by atoms with van der Waals surface area (Å²) in [5.41, 5.74) is 3.19. The van der Waals surface area contributed by atoms with Crippen molar-refractivity contribution in [3.63, 3.8) is 0 Å². The Kier molecular flexibility index (Phi) is 5.86. The predicted octanol–water partition coefficient (Wildman–Crippen LogP) is 4.39. The standard InChI is InChI=1S/C20H18ClN5O2/c1-12-11-14(21)3-8-17(12)24-20(28)18-9-10-19(26-25-18)23-16-6-4-15(5-7-16)22-13(2)27/h3-11H,1-2H3,(H,22,27)(H,23,26)(H,24,28). The molecule has 2 aromatic carbocycles. The number of halogens is 1. The van der Waals surface area contributed by atoms with E-state index in [0.29, 0.717) is 22.2 Å². The van der Waals surface area contributed by atoms with Crippen molar-refractivity contribution in [1.82, 2.24) is 10.2 Å². The summed E-state index contributed by atoms with van der Waals surface area (Å²) in [4.78, 5) is 23.4. The largest absolute Gasteiger partial charge is 0.339 e. The van der Waals surface area contributed by atoms with Crippen molar-refractivity contribution in [3.05, 3.63) is 70.9 Å². The van der Waals surface area contributed by atoms with E-state index in [1.165, 1.54) is 6.92 Å². The minimum absolute atomic E-state index is 0.130. The number of amides is 2. The van der Waals surface area contributed by atoms with Gasteiger partial charge in [-0.2, -0.15) is 0 Å². The third-order valence-electron chi connectivity index (χ3n) is 3.81. The number of rotatable bonds is 5. The van der Waals surface area contributed by atoms with Crippen LogP contribution in [0.4, 0.5) is 22.9 Å². The van der Waals surface area contributed by atoms with Gasteiger partial charge in [-0.15, -0.1) is 10.2 Å². The van der Waals surface area contributed by atoms with Gasteiger partial charge in [0.1, 0.15) is 0 Å². The maximum absolute atomic E-state index is 12.3. The van der Waals surface area contributed by atoms with E-state index in [-0.39, 0.29) is 17.5 Å². The molecular weight excluding hydrogens is 378 g/mol. The van der Waals surface area contributed by atoms with E-state index in [0.717, 1.165) is 11.3 Å². The summed E-state index contributed by atoms with van der Waals surface area (Å²) in [5.74, 6) is 0.00451. The second-order valence-corrected chi connectivity index (χ2v) is 6.54. The predicted molar refractivity (Wildman–Crippen MR) is 110 cm³/mol. The highest BCUT2D eigenvalue weighted by Gasteiger charge is 2.10. The number of nitrogens with one attached hydrogen (secondary N) is 3. The van der Waals surface area contributed by atoms with E-state index in [4.69, 9.17) is 11.6 Å². The molecule has 0 saturated carbocycles. The fourth-order valence-electron chi connectivity index (χ4n) is 2.46. The first-order valence-corrected chi connectivity index (χ1v) is 8.84. The number of carbonyl (C=O) groups excluding carboxylic acids is 2. The Labute approximate surface area is 167 Å². The Morgan fingerprint density at radius 1 is 0.893 bits per heavy atom. The minimum Gasteiger partial charge on any atom is -0.339 e. The zero-order chi connectivity index (χ0) is 20.1. The molecule has 28 heavy (non-hydrogen) atoms. The van der Waals surface area contributed by atoms with Crippen LogP contribution in [0, 0.1) is 6.92 Å². The van der Waals surface area contributed by atoms with Crippen molar-refractivity contribution in [2.75, 3.05) is 16.0 Å². The van der Waals surface area contributed by atoms with Crippen LogP contribution in [-0.2, 0) is 4.79 Å². The lowest BCUT2D eigenvalue weighted by molar-refractivity contribution is -0.114. The molecule has 1 aromatic heterocycles. The van der Waals surface area contributed by atoms with E-state index in [1.54, 1.807) is 54.6 Å². The maximum atomic E-state index is 12.3. The lowest BCUT2D eigenvalue weighted by Crippen LogP contribution is -2.15. The van der Waals surface area contributed by atoms with Crippen LogP contribution in [-0.4, -0.2) is 22.0 Å². The van der Waals surface area contributed by atoms with Crippen LogP contribution in [0.5, 0.6) is 0 Å². The average Bonchev–Trinajstić information content (AvgIpc) is 2.66. The van der Waals surface area contributed by atoms with Gasteiger partial charge in [0.2, 0.25) is 5.91 Å². The molecule has 8 heteroatoms. The number of hydrogen-bond acceptors (Lipinski definition) is 5. The molecule has 7 nitrogen and oxygen atoms in total. The first-order valence-electron chi connectivity index (χ1n) is 8.46. The molecule has 142 valence electrons. The van der Waals surface area contributed by atoms with Crippen molar-refractivity contribution in [1.29, 1.82) is 0 Å². The van der Waals surface area contributed by atoms with E-state index in [2.05, 4.69) is 26.1 Å². The van der Waals surface area contributed by atoms with Gasteiger partial charge in [0.25, 0.3) is 5.91 Å². The second kappa shape index (κ2) is 8.49. The zero-order valence-corrected chi connectivity index (χ0v) is 16.0. The molecule has 0 aliphatic heterocycles. The number of hydrogen-bond donors (Lipinski definition) is 3. The summed E-state index contributed by atoms with van der Waals surface area (Å²) in [6, 6.07) is 15.6. The van der Waals surface area contributed by atoms with E-state index in [1.807, 2.05) is 6.92 Å². The molecule has 0 unspecified atom stereocenters. The highest BCUT2D eigenvalue weighted by molar-refractivity contribution is 6.30. The third-order valence-corrected chi connectivity index (χ3v) is 4.05. The molecule has 2 amide bonds. The summed E-state index contributed by atoms with van der Waals surface area (Å²) >= 11 is 5.92. The molecule has 0 saturated heterocycles. The SMILES string of the molecule is CC(=O)Nc1ccc(Nc2ccc(C(=O)Nc3ccc(Cl)cc3C)nn2)cc1. The van der Waals surface area contributed by atoms with Crippen LogP contribution in [0.1, 0.15) is 23.0 Å². The lowest BCUT2D eigenvalue weighted by atomic mass is 10.2. The Morgan fingerprint density at radius 3 is 2.21 bits per heavy atom. The first kappa shape index (κ1) is 19.3. The summed E-state index contributed by atoms with van der Waals surface area (Å²) in [6.45, 7) is 3.31.